The molecule has 1 aliphatic heterocycles. The van der Waals surface area contributed by atoms with E-state index in [4.69, 9.17) is 4.74 Å². The van der Waals surface area contributed by atoms with Gasteiger partial charge in [-0.1, -0.05) is 48.5 Å². The van der Waals surface area contributed by atoms with Gasteiger partial charge in [-0.15, -0.1) is 0 Å². The number of carbonyl (C=O) groups is 3. The molecule has 0 aromatic heterocycles. The highest BCUT2D eigenvalue weighted by molar-refractivity contribution is 5.91. The number of carboxylic acids is 1. The topological polar surface area (TPSA) is 99.2 Å². The van der Waals surface area contributed by atoms with Crippen LogP contribution in [0.2, 0.25) is 0 Å². The van der Waals surface area contributed by atoms with Gasteiger partial charge in [0, 0.05) is 32.1 Å². The lowest BCUT2D eigenvalue weighted by Crippen LogP contribution is -2.66. The van der Waals surface area contributed by atoms with Crippen molar-refractivity contribution in [2.24, 2.45) is 0 Å². The Balaban J connectivity index is 1.21. The van der Waals surface area contributed by atoms with Crippen molar-refractivity contribution in [1.82, 2.24) is 15.1 Å². The van der Waals surface area contributed by atoms with Gasteiger partial charge in [-0.2, -0.15) is 0 Å². The maximum atomic E-state index is 13.4. The predicted octanol–water partition coefficient (Wildman–Crippen LogP) is 3.07. The average Bonchev–Trinajstić information content (AvgIpc) is 3.18. The largest absolute Gasteiger partial charge is 0.480 e. The van der Waals surface area contributed by atoms with Crippen LogP contribution in [0.3, 0.4) is 0 Å². The van der Waals surface area contributed by atoms with E-state index in [2.05, 4.69) is 29.6 Å². The summed E-state index contributed by atoms with van der Waals surface area (Å²) in [5.41, 5.74) is 3.69. The zero-order chi connectivity index (χ0) is 24.6. The summed E-state index contributed by atoms with van der Waals surface area (Å²) in [4.78, 5) is 41.1. The molecule has 2 fully saturated rings. The van der Waals surface area contributed by atoms with E-state index in [-0.39, 0.29) is 18.4 Å². The molecule has 2 aromatic rings. The van der Waals surface area contributed by atoms with Crippen molar-refractivity contribution in [1.29, 1.82) is 0 Å². The Hall–Kier alpha value is -3.39. The van der Waals surface area contributed by atoms with Crippen molar-refractivity contribution in [3.63, 3.8) is 0 Å². The summed E-state index contributed by atoms with van der Waals surface area (Å²) in [6.45, 7) is 3.76. The minimum Gasteiger partial charge on any atom is -0.480 e. The van der Waals surface area contributed by atoms with Gasteiger partial charge in [0.1, 0.15) is 18.2 Å². The molecular weight excluding hydrogens is 446 g/mol. The lowest BCUT2D eigenvalue weighted by Gasteiger charge is -2.46. The normalized spacial score (nSPS) is 19.7. The van der Waals surface area contributed by atoms with Gasteiger partial charge in [0.05, 0.1) is 0 Å². The summed E-state index contributed by atoms with van der Waals surface area (Å²) >= 11 is 0. The molecule has 1 heterocycles. The summed E-state index contributed by atoms with van der Waals surface area (Å²) in [5, 5.41) is 12.1. The fraction of sp³-hybridized carbons (Fsp3) is 0.444. The zero-order valence-corrected chi connectivity index (χ0v) is 19.9. The zero-order valence-electron chi connectivity index (χ0n) is 19.9. The van der Waals surface area contributed by atoms with Crippen molar-refractivity contribution in [3.8, 4) is 11.1 Å². The van der Waals surface area contributed by atoms with Crippen LogP contribution in [0.25, 0.3) is 11.1 Å². The molecule has 0 bridgehead atoms. The molecule has 2 aliphatic carbocycles. The van der Waals surface area contributed by atoms with Crippen LogP contribution in [-0.2, 0) is 14.3 Å². The highest BCUT2D eigenvalue weighted by atomic mass is 16.5. The van der Waals surface area contributed by atoms with Crippen LogP contribution >= 0.6 is 0 Å². The Kier molecular flexibility index (Phi) is 6.23. The average molecular weight is 478 g/mol. The van der Waals surface area contributed by atoms with Crippen LogP contribution in [0.1, 0.15) is 43.2 Å². The second kappa shape index (κ2) is 9.34. The van der Waals surface area contributed by atoms with Gasteiger partial charge >= 0.3 is 12.1 Å². The maximum absolute atomic E-state index is 13.4. The molecule has 2 N–H and O–H groups in total. The molecule has 8 heteroatoms. The number of benzene rings is 2. The summed E-state index contributed by atoms with van der Waals surface area (Å²) in [6, 6.07) is 15.8. The molecule has 0 radical (unpaired) electrons. The number of ether oxygens (including phenoxy) is 1. The van der Waals surface area contributed by atoms with Crippen molar-refractivity contribution in [3.05, 3.63) is 59.7 Å². The number of carboxylic acid groups (broad SMARTS) is 1. The van der Waals surface area contributed by atoms with E-state index in [0.717, 1.165) is 17.5 Å². The highest BCUT2D eigenvalue weighted by Crippen LogP contribution is 2.44. The first-order chi connectivity index (χ1) is 16.9. The van der Waals surface area contributed by atoms with E-state index in [1.165, 1.54) is 11.1 Å². The molecule has 8 nitrogen and oxygen atoms in total. The lowest BCUT2D eigenvalue weighted by molar-refractivity contribution is -0.147. The predicted molar refractivity (Wildman–Crippen MR) is 130 cm³/mol. The number of fused-ring (bicyclic) bond motifs is 3. The standard InChI is InChI=1S/C27H31N3O5/c1-18(24(31)32)29-13-15-30(16-14-29)25(33)27(11-6-12-27)28-26(34)35-17-23-21-9-4-2-7-19(21)20-8-3-5-10-22(20)23/h2-5,7-10,18,23H,6,11-17H2,1H3,(H,28,34)(H,31,32). The van der Waals surface area contributed by atoms with Crippen LogP contribution in [0, 0.1) is 0 Å². The Morgan fingerprint density at radius 2 is 1.57 bits per heavy atom. The maximum Gasteiger partial charge on any atom is 0.408 e. The van der Waals surface area contributed by atoms with Crippen LogP contribution in [0.15, 0.2) is 48.5 Å². The molecule has 1 atom stereocenters. The van der Waals surface area contributed by atoms with Gasteiger partial charge < -0.3 is 20.1 Å². The van der Waals surface area contributed by atoms with Gasteiger partial charge in [-0.05, 0) is 48.4 Å². The molecule has 3 aliphatic rings. The van der Waals surface area contributed by atoms with E-state index >= 15 is 0 Å². The number of carbonyl (C=O) groups excluding carboxylic acids is 2. The Morgan fingerprint density at radius 3 is 2.09 bits per heavy atom. The molecule has 1 saturated heterocycles. The molecule has 1 unspecified atom stereocenters. The number of rotatable bonds is 6. The summed E-state index contributed by atoms with van der Waals surface area (Å²) in [6.07, 6.45) is 1.47. The summed E-state index contributed by atoms with van der Waals surface area (Å²) in [5.74, 6) is -0.998. The minimum atomic E-state index is -0.927. The monoisotopic (exact) mass is 477 g/mol. The molecule has 5 rings (SSSR count). The number of hydrogen-bond acceptors (Lipinski definition) is 5. The first-order valence-corrected chi connectivity index (χ1v) is 12.3. The molecule has 1 saturated carbocycles. The summed E-state index contributed by atoms with van der Waals surface area (Å²) < 4.78 is 5.69. The number of nitrogens with zero attached hydrogens (tertiary/aromatic N) is 2. The lowest BCUT2D eigenvalue weighted by atomic mass is 9.75. The fourth-order valence-corrected chi connectivity index (χ4v) is 5.52. The van der Waals surface area contributed by atoms with Crippen molar-refractivity contribution < 1.29 is 24.2 Å². The number of alkyl carbamates (subject to hydrolysis) is 1. The molecule has 2 amide bonds. The molecule has 35 heavy (non-hydrogen) atoms. The Bertz CT molecular complexity index is 1090. The van der Waals surface area contributed by atoms with Crippen molar-refractivity contribution in [2.75, 3.05) is 32.8 Å². The second-order valence-electron chi connectivity index (χ2n) is 9.73. The third-order valence-corrected chi connectivity index (χ3v) is 7.81. The SMILES string of the molecule is CC(C(=O)O)N1CCN(C(=O)C2(NC(=O)OCC3c4ccccc4-c4ccccc43)CCC2)CC1. The van der Waals surface area contributed by atoms with Gasteiger partial charge in [0.15, 0.2) is 0 Å². The number of piperazine rings is 1. The van der Waals surface area contributed by atoms with Crippen LogP contribution in [0.4, 0.5) is 4.79 Å². The van der Waals surface area contributed by atoms with E-state index in [0.29, 0.717) is 39.0 Å². The first kappa shape index (κ1) is 23.4. The first-order valence-electron chi connectivity index (χ1n) is 12.3. The molecule has 184 valence electrons. The smallest absolute Gasteiger partial charge is 0.408 e. The number of nitrogens with one attached hydrogen (secondary N) is 1. The minimum absolute atomic E-state index is 0.0366. The highest BCUT2D eigenvalue weighted by Gasteiger charge is 2.48. The van der Waals surface area contributed by atoms with Gasteiger partial charge in [0.2, 0.25) is 5.91 Å². The van der Waals surface area contributed by atoms with E-state index in [9.17, 15) is 19.5 Å². The van der Waals surface area contributed by atoms with Gasteiger partial charge in [-0.25, -0.2) is 4.79 Å². The third kappa shape index (κ3) is 4.27. The summed E-state index contributed by atoms with van der Waals surface area (Å²) in [7, 11) is 0. The van der Waals surface area contributed by atoms with Crippen LogP contribution in [-0.4, -0.2) is 77.2 Å². The molecule has 2 aromatic carbocycles. The van der Waals surface area contributed by atoms with E-state index in [1.807, 2.05) is 29.2 Å². The number of aliphatic carboxylic acids is 1. The third-order valence-electron chi connectivity index (χ3n) is 7.81. The second-order valence-corrected chi connectivity index (χ2v) is 9.73. The van der Waals surface area contributed by atoms with Crippen molar-refractivity contribution in [2.45, 2.75) is 43.7 Å². The van der Waals surface area contributed by atoms with Crippen LogP contribution in [0.5, 0.6) is 0 Å². The number of hydrogen-bond donors (Lipinski definition) is 2. The quantitative estimate of drug-likeness (QED) is 0.664. The van der Waals surface area contributed by atoms with E-state index in [1.54, 1.807) is 11.8 Å². The van der Waals surface area contributed by atoms with E-state index < -0.39 is 23.6 Å². The fourth-order valence-electron chi connectivity index (χ4n) is 5.52. The molecular formula is C27H31N3O5. The van der Waals surface area contributed by atoms with Crippen molar-refractivity contribution >= 4 is 18.0 Å². The van der Waals surface area contributed by atoms with Gasteiger partial charge in [-0.3, -0.25) is 14.5 Å². The number of amides is 2. The Morgan fingerprint density at radius 1 is 1.00 bits per heavy atom. The van der Waals surface area contributed by atoms with Crippen LogP contribution < -0.4 is 5.32 Å². The Labute approximate surface area is 204 Å². The van der Waals surface area contributed by atoms with Gasteiger partial charge in [0.25, 0.3) is 0 Å². The molecule has 0 spiro atoms.